The zero-order chi connectivity index (χ0) is 4.41. The van der Waals surface area contributed by atoms with E-state index in [1.165, 1.54) is 0 Å². The van der Waals surface area contributed by atoms with E-state index in [-0.39, 0.29) is 0 Å². The zero-order valence-electron chi connectivity index (χ0n) is 2.73. The Morgan fingerprint density at radius 2 is 2.67 bits per heavy atom. The molecule has 0 N–H and O–H groups in total. The third-order valence-electron chi connectivity index (χ3n) is 0.325. The lowest BCUT2D eigenvalue weighted by atomic mass is 11.0. The van der Waals surface area contributed by atoms with Gasteiger partial charge in [0.2, 0.25) is 5.13 Å². The van der Waals surface area contributed by atoms with Gasteiger partial charge in [-0.25, -0.2) is 4.98 Å². The molecule has 0 fully saturated rings. The fourth-order valence-electron chi connectivity index (χ4n) is 0.152. The van der Waals surface area contributed by atoms with Crippen molar-refractivity contribution in [2.45, 2.75) is 0 Å². The van der Waals surface area contributed by atoms with Crippen molar-refractivity contribution in [3.63, 3.8) is 0 Å². The number of hydrogen-bond donors (Lipinski definition) is 0. The summed E-state index contributed by atoms with van der Waals surface area (Å²) in [5.41, 5.74) is 2.29. The van der Waals surface area contributed by atoms with Crippen molar-refractivity contribution in [3.05, 3.63) is 16.8 Å². The predicted octanol–water partition coefficient (Wildman–Crippen LogP) is 0.883. The van der Waals surface area contributed by atoms with Crippen LogP contribution in [0.3, 0.4) is 0 Å². The Hall–Kier alpha value is -0.440. The minimum absolute atomic E-state index is 0.407. The van der Waals surface area contributed by atoms with E-state index < -0.39 is 5.13 Å². The minimum Gasteiger partial charge on any atom is -0.228 e. The zero-order valence-corrected chi connectivity index (χ0v) is 3.55. The number of hydrogen-bond acceptors (Lipinski definition) is 2. The lowest BCUT2D eigenvalue weighted by Crippen LogP contribution is -1.51. The molecule has 0 spiro atoms. The van der Waals surface area contributed by atoms with Crippen LogP contribution >= 0.6 is 11.3 Å². The van der Waals surface area contributed by atoms with E-state index in [2.05, 4.69) is 10.5 Å². The molecule has 0 aliphatic rings. The molecule has 1 rings (SSSR count). The summed E-state index contributed by atoms with van der Waals surface area (Å²) in [4.78, 5) is 3.22. The van der Waals surface area contributed by atoms with Crippen LogP contribution in [0.4, 0.5) is 4.39 Å². The highest BCUT2D eigenvalue weighted by Gasteiger charge is 1.84. The fourth-order valence-corrected chi connectivity index (χ4v) is 0.415. The maximum absolute atomic E-state index is 11.5. The van der Waals surface area contributed by atoms with Gasteiger partial charge in [-0.2, -0.15) is 4.39 Å². The number of thiazole rings is 1. The Labute approximate surface area is 38.5 Å². The van der Waals surface area contributed by atoms with Crippen molar-refractivity contribution in [2.75, 3.05) is 0 Å². The van der Waals surface area contributed by atoms with E-state index in [1.54, 1.807) is 0 Å². The van der Waals surface area contributed by atoms with Gasteiger partial charge in [-0.15, -0.1) is 0 Å². The van der Waals surface area contributed by atoms with Crippen molar-refractivity contribution in [3.8, 4) is 0 Å². The van der Waals surface area contributed by atoms with Crippen LogP contribution in [0.25, 0.3) is 0 Å². The van der Waals surface area contributed by atoms with E-state index in [9.17, 15) is 4.39 Å². The van der Waals surface area contributed by atoms with Crippen LogP contribution in [-0.4, -0.2) is 4.98 Å². The Morgan fingerprint density at radius 3 is 2.83 bits per heavy atom. The van der Waals surface area contributed by atoms with Crippen LogP contribution in [0.15, 0.2) is 0 Å². The molecule has 6 heavy (non-hydrogen) atoms. The second-order valence-electron chi connectivity index (χ2n) is 0.691. The Morgan fingerprint density at radius 1 is 1.83 bits per heavy atom. The number of nitrogens with zero attached hydrogens (tertiary/aromatic N) is 1. The number of aromatic nitrogens is 1. The summed E-state index contributed by atoms with van der Waals surface area (Å²) in [6.45, 7) is 0. The molecule has 3 heteroatoms. The van der Waals surface area contributed by atoms with Gasteiger partial charge in [0, 0.05) is 0 Å². The molecule has 1 aromatic rings. The number of rotatable bonds is 0. The first-order chi connectivity index (χ1) is 2.89. The van der Waals surface area contributed by atoms with Crippen molar-refractivity contribution in [1.29, 1.82) is 0 Å². The fraction of sp³-hybridized carbons (Fsp3) is 0. The van der Waals surface area contributed by atoms with E-state index in [1.807, 2.05) is 6.20 Å². The minimum atomic E-state index is -0.407. The Balaban J connectivity index is 3.05. The molecular weight excluding hydrogens is 101 g/mol. The molecule has 2 radical (unpaired) electrons. The first kappa shape index (κ1) is 3.74. The van der Waals surface area contributed by atoms with Gasteiger partial charge in [-0.1, -0.05) is 11.3 Å². The molecule has 0 aromatic carbocycles. The molecule has 0 unspecified atom stereocenters. The normalized spacial score (nSPS) is 8.83. The van der Waals surface area contributed by atoms with Gasteiger partial charge in [0.05, 0.1) is 0 Å². The maximum atomic E-state index is 11.5. The molecule has 30 valence electrons. The van der Waals surface area contributed by atoms with E-state index >= 15 is 0 Å². The van der Waals surface area contributed by atoms with Crippen LogP contribution in [-0.2, 0) is 0 Å². The highest BCUT2D eigenvalue weighted by Crippen LogP contribution is 1.97. The molecular formula is C3FNS. The third-order valence-corrected chi connectivity index (χ3v) is 0.778. The van der Waals surface area contributed by atoms with Gasteiger partial charge < -0.3 is 0 Å². The molecule has 1 heterocycles. The second kappa shape index (κ2) is 1.34. The highest BCUT2D eigenvalue weighted by molar-refractivity contribution is 7.07. The quantitative estimate of drug-likeness (QED) is 0.472. The molecule has 1 aromatic heterocycles. The first-order valence-corrected chi connectivity index (χ1v) is 2.11. The van der Waals surface area contributed by atoms with E-state index in [4.69, 9.17) is 0 Å². The van der Waals surface area contributed by atoms with Gasteiger partial charge in [0.25, 0.3) is 0 Å². The summed E-state index contributed by atoms with van der Waals surface area (Å²) in [6.07, 6.45) is 2.05. The van der Waals surface area contributed by atoms with Crippen LogP contribution in [0, 0.1) is 16.8 Å². The van der Waals surface area contributed by atoms with Gasteiger partial charge in [0.15, 0.2) is 5.51 Å². The summed E-state index contributed by atoms with van der Waals surface area (Å²) >= 11 is 0.819. The standard InChI is InChI=1S/C3FNS/c4-3-1-5-2-6-3. The highest BCUT2D eigenvalue weighted by atomic mass is 32.1. The second-order valence-corrected chi connectivity index (χ2v) is 1.44. The van der Waals surface area contributed by atoms with Gasteiger partial charge in [-0.05, 0) is 0 Å². The molecule has 0 atom stereocenters. The summed E-state index contributed by atoms with van der Waals surface area (Å²) in [5, 5.41) is -0.407. The lowest BCUT2D eigenvalue weighted by molar-refractivity contribution is 0.651. The third kappa shape index (κ3) is 0.542. The van der Waals surface area contributed by atoms with Crippen LogP contribution < -0.4 is 0 Å². The van der Waals surface area contributed by atoms with Gasteiger partial charge >= 0.3 is 0 Å². The van der Waals surface area contributed by atoms with Crippen LogP contribution in [0.2, 0.25) is 0 Å². The van der Waals surface area contributed by atoms with Crippen molar-refractivity contribution >= 4 is 11.3 Å². The summed E-state index contributed by atoms with van der Waals surface area (Å²) < 4.78 is 11.5. The first-order valence-electron chi connectivity index (χ1n) is 1.29. The molecule has 0 saturated carbocycles. The largest absolute Gasteiger partial charge is 0.228 e. The lowest BCUT2D eigenvalue weighted by Gasteiger charge is -1.56. The van der Waals surface area contributed by atoms with Crippen molar-refractivity contribution in [1.82, 2.24) is 4.98 Å². The maximum Gasteiger partial charge on any atom is 0.206 e. The number of halogens is 1. The average Bonchev–Trinajstić information content (AvgIpc) is 1.86. The summed E-state index contributed by atoms with van der Waals surface area (Å²) in [7, 11) is 0. The topological polar surface area (TPSA) is 12.9 Å². The Bertz CT molecular complexity index is 114. The SMILES string of the molecule is Fc1[c]n[c]s1. The molecule has 0 bridgehead atoms. The summed E-state index contributed by atoms with van der Waals surface area (Å²) in [5.74, 6) is 0. The molecule has 0 saturated heterocycles. The van der Waals surface area contributed by atoms with Gasteiger partial charge in [-0.3, -0.25) is 0 Å². The smallest absolute Gasteiger partial charge is 0.206 e. The predicted molar refractivity (Wildman–Crippen MR) is 19.7 cm³/mol. The van der Waals surface area contributed by atoms with Crippen molar-refractivity contribution in [2.24, 2.45) is 0 Å². The monoisotopic (exact) mass is 101 g/mol. The molecule has 0 aliphatic carbocycles. The van der Waals surface area contributed by atoms with E-state index in [0.717, 1.165) is 11.3 Å². The van der Waals surface area contributed by atoms with E-state index in [0.29, 0.717) is 0 Å². The Kier molecular flexibility index (Phi) is 0.837. The summed E-state index contributed by atoms with van der Waals surface area (Å²) in [6, 6.07) is 0. The van der Waals surface area contributed by atoms with Crippen LogP contribution in [0.5, 0.6) is 0 Å². The molecule has 0 aliphatic heterocycles. The molecule has 0 amide bonds. The van der Waals surface area contributed by atoms with Crippen molar-refractivity contribution < 1.29 is 4.39 Å². The van der Waals surface area contributed by atoms with Gasteiger partial charge in [0.1, 0.15) is 6.20 Å². The average molecular weight is 101 g/mol. The molecule has 1 nitrogen and oxygen atoms in total. The van der Waals surface area contributed by atoms with Crippen LogP contribution in [0.1, 0.15) is 0 Å².